The summed E-state index contributed by atoms with van der Waals surface area (Å²) in [4.78, 5) is 15.1. The molecule has 0 aliphatic carbocycles. The largest absolute Gasteiger partial charge is 0.497 e. The van der Waals surface area contributed by atoms with E-state index in [4.69, 9.17) is 14.8 Å². The molecule has 1 atom stereocenters. The molecule has 3 heterocycles. The lowest BCUT2D eigenvalue weighted by atomic mass is 10.00. The van der Waals surface area contributed by atoms with E-state index < -0.39 is 0 Å². The second kappa shape index (κ2) is 9.89. The van der Waals surface area contributed by atoms with Gasteiger partial charge in [-0.25, -0.2) is 14.6 Å². The lowest BCUT2D eigenvalue weighted by Crippen LogP contribution is -2.25. The number of ether oxygens (including phenoxy) is 1. The van der Waals surface area contributed by atoms with Crippen molar-refractivity contribution in [2.24, 2.45) is 0 Å². The third-order valence-corrected chi connectivity index (χ3v) is 5.81. The molecule has 1 aliphatic rings. The van der Waals surface area contributed by atoms with Crippen molar-refractivity contribution in [2.75, 3.05) is 20.2 Å². The van der Waals surface area contributed by atoms with Gasteiger partial charge in [0.05, 0.1) is 13.7 Å². The highest BCUT2D eigenvalue weighted by Crippen LogP contribution is 2.28. The van der Waals surface area contributed by atoms with Gasteiger partial charge in [0.25, 0.3) is 0 Å². The van der Waals surface area contributed by atoms with Crippen molar-refractivity contribution in [3.8, 4) is 5.75 Å². The molecule has 1 N–H and O–H groups in total. The van der Waals surface area contributed by atoms with E-state index in [0.29, 0.717) is 5.92 Å². The normalized spacial score (nSPS) is 17.7. The van der Waals surface area contributed by atoms with E-state index >= 15 is 0 Å². The summed E-state index contributed by atoms with van der Waals surface area (Å²) in [6, 6.07) is 8.19. The van der Waals surface area contributed by atoms with Crippen LogP contribution < -0.4 is 4.74 Å². The lowest BCUT2D eigenvalue weighted by molar-refractivity contribution is 0.269. The second-order valence-electron chi connectivity index (χ2n) is 8.07. The van der Waals surface area contributed by atoms with Gasteiger partial charge in [-0.15, -0.1) is 0 Å². The summed E-state index contributed by atoms with van der Waals surface area (Å²) in [6.45, 7) is 6.20. The summed E-state index contributed by atoms with van der Waals surface area (Å²) in [7, 11) is 1.69. The predicted octanol–water partition coefficient (Wildman–Crippen LogP) is 3.78. The number of rotatable bonds is 8. The van der Waals surface area contributed by atoms with Crippen LogP contribution >= 0.6 is 0 Å². The Morgan fingerprint density at radius 2 is 2.03 bits per heavy atom. The molecule has 3 aromatic rings. The number of benzene rings is 1. The maximum atomic E-state index is 5.26. The maximum absolute atomic E-state index is 5.26. The van der Waals surface area contributed by atoms with E-state index in [2.05, 4.69) is 38.6 Å². The first-order valence-electron chi connectivity index (χ1n) is 11.0. The van der Waals surface area contributed by atoms with Gasteiger partial charge in [-0.2, -0.15) is 5.10 Å². The highest BCUT2D eigenvalue weighted by Gasteiger charge is 2.24. The molecule has 0 saturated carbocycles. The van der Waals surface area contributed by atoms with Crippen molar-refractivity contribution in [3.63, 3.8) is 0 Å². The van der Waals surface area contributed by atoms with Crippen molar-refractivity contribution >= 4 is 0 Å². The van der Waals surface area contributed by atoms with Crippen molar-refractivity contribution in [1.82, 2.24) is 29.6 Å². The summed E-state index contributed by atoms with van der Waals surface area (Å²) in [6.07, 6.45) is 9.00. The molecule has 0 spiro atoms. The van der Waals surface area contributed by atoms with Crippen LogP contribution in [0.25, 0.3) is 0 Å². The average Bonchev–Trinajstić information content (AvgIpc) is 3.35. The fourth-order valence-corrected chi connectivity index (χ4v) is 4.25. The Kier molecular flexibility index (Phi) is 6.79. The van der Waals surface area contributed by atoms with E-state index in [9.17, 15) is 0 Å². The van der Waals surface area contributed by atoms with Gasteiger partial charge in [-0.1, -0.05) is 19.1 Å². The van der Waals surface area contributed by atoms with E-state index in [1.165, 1.54) is 24.2 Å². The Labute approximate surface area is 178 Å². The van der Waals surface area contributed by atoms with Crippen LogP contribution in [0.2, 0.25) is 0 Å². The van der Waals surface area contributed by atoms with E-state index in [-0.39, 0.29) is 0 Å². The molecule has 1 fully saturated rings. The zero-order valence-corrected chi connectivity index (χ0v) is 18.0. The van der Waals surface area contributed by atoms with Crippen LogP contribution in [0.4, 0.5) is 0 Å². The molecule has 0 amide bonds. The number of aromatic nitrogens is 5. The highest BCUT2D eigenvalue weighted by atomic mass is 16.5. The molecule has 7 nitrogen and oxygen atoms in total. The number of H-pyrrole nitrogens is 1. The van der Waals surface area contributed by atoms with Crippen LogP contribution in [-0.4, -0.2) is 49.8 Å². The Morgan fingerprint density at radius 1 is 1.17 bits per heavy atom. The SMILES string of the molecule is CCCn1nc(Cc2ccc(OC)cc2)nc1C1CCCN(Cc2ncc[nH]2)CC1. The number of nitrogens with zero attached hydrogens (tertiary/aromatic N) is 5. The first-order chi connectivity index (χ1) is 14.7. The molecular weight excluding hydrogens is 376 g/mol. The van der Waals surface area contributed by atoms with Crippen LogP contribution in [0, 0.1) is 0 Å². The van der Waals surface area contributed by atoms with E-state index in [1.807, 2.05) is 24.5 Å². The fourth-order valence-electron chi connectivity index (χ4n) is 4.25. The quantitative estimate of drug-likeness (QED) is 0.614. The molecule has 1 saturated heterocycles. The number of aryl methyl sites for hydroxylation is 1. The van der Waals surface area contributed by atoms with Crippen molar-refractivity contribution < 1.29 is 4.74 Å². The molecule has 1 aromatic carbocycles. The molecule has 1 aliphatic heterocycles. The van der Waals surface area contributed by atoms with Crippen LogP contribution in [0.3, 0.4) is 0 Å². The van der Waals surface area contributed by atoms with Crippen LogP contribution in [0.5, 0.6) is 5.75 Å². The Bertz CT molecular complexity index is 902. The Morgan fingerprint density at radius 3 is 2.77 bits per heavy atom. The predicted molar refractivity (Wildman–Crippen MR) is 117 cm³/mol. The number of nitrogens with one attached hydrogen (secondary N) is 1. The van der Waals surface area contributed by atoms with E-state index in [1.54, 1.807) is 7.11 Å². The highest BCUT2D eigenvalue weighted by molar-refractivity contribution is 5.28. The minimum absolute atomic E-state index is 0.468. The summed E-state index contributed by atoms with van der Waals surface area (Å²) >= 11 is 0. The zero-order valence-electron chi connectivity index (χ0n) is 18.0. The third-order valence-electron chi connectivity index (χ3n) is 5.81. The van der Waals surface area contributed by atoms with Gasteiger partial charge in [0.15, 0.2) is 5.82 Å². The van der Waals surface area contributed by atoms with Crippen LogP contribution in [0.1, 0.15) is 61.6 Å². The van der Waals surface area contributed by atoms with Crippen molar-refractivity contribution in [3.05, 3.63) is 59.7 Å². The van der Waals surface area contributed by atoms with Gasteiger partial charge in [0, 0.05) is 31.3 Å². The van der Waals surface area contributed by atoms with Gasteiger partial charge in [0.1, 0.15) is 17.4 Å². The molecule has 4 rings (SSSR count). The Hall–Kier alpha value is -2.67. The lowest BCUT2D eigenvalue weighted by Gasteiger charge is -2.18. The maximum Gasteiger partial charge on any atom is 0.155 e. The first kappa shape index (κ1) is 20.6. The number of hydrogen-bond donors (Lipinski definition) is 1. The van der Waals surface area contributed by atoms with Crippen LogP contribution in [0.15, 0.2) is 36.7 Å². The number of likely N-dealkylation sites (tertiary alicyclic amines) is 1. The topological polar surface area (TPSA) is 71.9 Å². The fraction of sp³-hybridized carbons (Fsp3) is 0.522. The van der Waals surface area contributed by atoms with Crippen LogP contribution in [-0.2, 0) is 19.5 Å². The van der Waals surface area contributed by atoms with Gasteiger partial charge in [-0.3, -0.25) is 4.90 Å². The van der Waals surface area contributed by atoms with Gasteiger partial charge in [0.2, 0.25) is 0 Å². The molecule has 0 bridgehead atoms. The molecule has 0 radical (unpaired) electrons. The van der Waals surface area contributed by atoms with Gasteiger partial charge >= 0.3 is 0 Å². The summed E-state index contributed by atoms with van der Waals surface area (Å²) in [5.74, 6) is 4.47. The summed E-state index contributed by atoms with van der Waals surface area (Å²) in [5.41, 5.74) is 1.21. The number of aromatic amines is 1. The summed E-state index contributed by atoms with van der Waals surface area (Å²) < 4.78 is 7.42. The molecule has 160 valence electrons. The van der Waals surface area contributed by atoms with E-state index in [0.717, 1.165) is 62.8 Å². The van der Waals surface area contributed by atoms with Crippen molar-refractivity contribution in [2.45, 2.75) is 58.0 Å². The summed E-state index contributed by atoms with van der Waals surface area (Å²) in [5, 5.41) is 4.87. The molecular formula is C23H32N6O. The number of hydrogen-bond acceptors (Lipinski definition) is 5. The average molecular weight is 409 g/mol. The van der Waals surface area contributed by atoms with Gasteiger partial charge < -0.3 is 9.72 Å². The molecule has 30 heavy (non-hydrogen) atoms. The number of imidazole rings is 1. The van der Waals surface area contributed by atoms with Gasteiger partial charge in [-0.05, 0) is 56.5 Å². The number of methoxy groups -OCH3 is 1. The standard InChI is InChI=1S/C23H32N6O/c1-3-13-29-23(26-21(27-29)16-18-6-8-20(30-2)9-7-18)19-5-4-14-28(15-10-19)17-22-24-11-12-25-22/h6-9,11-12,19H,3-5,10,13-17H2,1-2H3,(H,24,25). The monoisotopic (exact) mass is 408 g/mol. The second-order valence-corrected chi connectivity index (χ2v) is 8.07. The molecule has 2 aromatic heterocycles. The smallest absolute Gasteiger partial charge is 0.155 e. The first-order valence-corrected chi connectivity index (χ1v) is 11.0. The van der Waals surface area contributed by atoms with Crippen molar-refractivity contribution in [1.29, 1.82) is 0 Å². The minimum Gasteiger partial charge on any atom is -0.497 e. The minimum atomic E-state index is 0.468. The molecule has 1 unspecified atom stereocenters. The third kappa shape index (κ3) is 5.08. The Balaban J connectivity index is 1.45. The zero-order chi connectivity index (χ0) is 20.8. The molecule has 7 heteroatoms.